The van der Waals surface area contributed by atoms with Gasteiger partial charge in [-0.15, -0.1) is 11.8 Å². The third-order valence-electron chi connectivity index (χ3n) is 2.51. The Morgan fingerprint density at radius 3 is 3.00 bits per heavy atom. The van der Waals surface area contributed by atoms with Crippen molar-refractivity contribution < 1.29 is 4.79 Å². The van der Waals surface area contributed by atoms with Crippen LogP contribution in [-0.2, 0) is 0 Å². The van der Waals surface area contributed by atoms with Crippen LogP contribution < -0.4 is 16.6 Å². The molecule has 0 bridgehead atoms. The lowest BCUT2D eigenvalue weighted by Gasteiger charge is -2.14. The Balaban J connectivity index is 2.17. The van der Waals surface area contributed by atoms with Gasteiger partial charge in [-0.05, 0) is 37.3 Å². The Labute approximate surface area is 121 Å². The lowest BCUT2D eigenvalue weighted by Crippen LogP contribution is -2.43. The summed E-state index contributed by atoms with van der Waals surface area (Å²) in [7, 11) is 0. The second-order valence-electron chi connectivity index (χ2n) is 4.01. The maximum absolute atomic E-state index is 11.8. The largest absolute Gasteiger partial charge is 0.375 e. The molecule has 0 aromatic heterocycles. The monoisotopic (exact) mass is 294 g/mol. The zero-order valence-electron chi connectivity index (χ0n) is 10.4. The van der Waals surface area contributed by atoms with Crippen molar-refractivity contribution in [1.29, 1.82) is 0 Å². The summed E-state index contributed by atoms with van der Waals surface area (Å²) in [5, 5.41) is 0.145. The van der Waals surface area contributed by atoms with Crippen molar-refractivity contribution in [3.63, 3.8) is 0 Å². The molecule has 4 N–H and O–H groups in total. The van der Waals surface area contributed by atoms with Gasteiger partial charge < -0.3 is 5.73 Å². The number of aliphatic imine (C=N–C) groups is 1. The van der Waals surface area contributed by atoms with Gasteiger partial charge in [-0.25, -0.2) is 4.99 Å². The van der Waals surface area contributed by atoms with Crippen LogP contribution in [0.4, 0.5) is 5.69 Å². The number of hydrogen-bond acceptors (Lipinski definition) is 4. The standard InChI is InChI=1S/C12H14N4OS2/c1-7(15-16-12(13)18)14-8-2-3-11-9(6-8)10(17)4-5-19-11/h2-3,6H,4-5H2,1H3,(H,14,15)(H3,13,16,18). The number of carbonyl (C=O) groups is 1. The summed E-state index contributed by atoms with van der Waals surface area (Å²) < 4.78 is 0. The molecule has 0 amide bonds. The van der Waals surface area contributed by atoms with Crippen LogP contribution in [0.5, 0.6) is 0 Å². The SMILES string of the molecule is CC(=Nc1ccc2c(c1)C(=O)CCS2)NNC(N)=S. The van der Waals surface area contributed by atoms with Gasteiger partial charge in [0.05, 0.1) is 5.69 Å². The average molecular weight is 294 g/mol. The first-order valence-electron chi connectivity index (χ1n) is 5.73. The quantitative estimate of drug-likeness (QED) is 0.317. The maximum atomic E-state index is 11.8. The van der Waals surface area contributed by atoms with Crippen molar-refractivity contribution in [3.05, 3.63) is 23.8 Å². The molecule has 2 rings (SSSR count). The predicted molar refractivity (Wildman–Crippen MR) is 81.9 cm³/mol. The van der Waals surface area contributed by atoms with Crippen molar-refractivity contribution in [2.45, 2.75) is 18.2 Å². The lowest BCUT2D eigenvalue weighted by atomic mass is 10.1. The van der Waals surface area contributed by atoms with Gasteiger partial charge in [0.2, 0.25) is 0 Å². The van der Waals surface area contributed by atoms with E-state index in [9.17, 15) is 4.79 Å². The molecule has 100 valence electrons. The molecule has 1 aromatic rings. The van der Waals surface area contributed by atoms with Gasteiger partial charge in [0.25, 0.3) is 0 Å². The highest BCUT2D eigenvalue weighted by atomic mass is 32.2. The van der Waals surface area contributed by atoms with Crippen molar-refractivity contribution in [1.82, 2.24) is 10.9 Å². The molecule has 0 fully saturated rings. The zero-order chi connectivity index (χ0) is 13.8. The van der Waals surface area contributed by atoms with Crippen LogP contribution in [0.2, 0.25) is 0 Å². The average Bonchev–Trinajstić information content (AvgIpc) is 2.37. The number of nitrogens with zero attached hydrogens (tertiary/aromatic N) is 1. The van der Waals surface area contributed by atoms with Crippen molar-refractivity contribution in [2.24, 2.45) is 10.7 Å². The first kappa shape index (κ1) is 13.8. The number of nitrogens with one attached hydrogen (secondary N) is 2. The summed E-state index contributed by atoms with van der Waals surface area (Å²) in [4.78, 5) is 17.2. The summed E-state index contributed by atoms with van der Waals surface area (Å²) in [5.74, 6) is 1.65. The van der Waals surface area contributed by atoms with Crippen LogP contribution in [0.25, 0.3) is 0 Å². The summed E-state index contributed by atoms with van der Waals surface area (Å²) >= 11 is 6.38. The zero-order valence-corrected chi connectivity index (χ0v) is 12.0. The van der Waals surface area contributed by atoms with Gasteiger partial charge >= 0.3 is 0 Å². The van der Waals surface area contributed by atoms with Crippen molar-refractivity contribution in [2.75, 3.05) is 5.75 Å². The number of hydrogen-bond donors (Lipinski definition) is 3. The van der Waals surface area contributed by atoms with E-state index in [4.69, 9.17) is 5.73 Å². The molecule has 1 heterocycles. The van der Waals surface area contributed by atoms with E-state index < -0.39 is 0 Å². The van der Waals surface area contributed by atoms with E-state index in [-0.39, 0.29) is 10.9 Å². The molecule has 1 aliphatic heterocycles. The van der Waals surface area contributed by atoms with Gasteiger partial charge in [-0.1, -0.05) is 0 Å². The number of rotatable bonds is 1. The fraction of sp³-hybridized carbons (Fsp3) is 0.250. The highest BCUT2D eigenvalue weighted by Crippen LogP contribution is 2.32. The van der Waals surface area contributed by atoms with Gasteiger partial charge in [-0.3, -0.25) is 15.6 Å². The van der Waals surface area contributed by atoms with Crippen LogP contribution in [0.15, 0.2) is 28.1 Å². The van der Waals surface area contributed by atoms with Gasteiger partial charge in [0, 0.05) is 22.6 Å². The fourth-order valence-corrected chi connectivity index (χ4v) is 2.74. The first-order valence-corrected chi connectivity index (χ1v) is 7.12. The molecule has 1 aliphatic rings. The number of hydrazine groups is 1. The van der Waals surface area contributed by atoms with E-state index >= 15 is 0 Å². The molecule has 5 nitrogen and oxygen atoms in total. The van der Waals surface area contributed by atoms with Crippen LogP contribution in [-0.4, -0.2) is 22.5 Å². The minimum absolute atomic E-state index is 0.145. The number of Topliss-reactive ketones (excluding diaryl/α,β-unsaturated/α-hetero) is 1. The van der Waals surface area contributed by atoms with E-state index in [0.29, 0.717) is 12.3 Å². The van der Waals surface area contributed by atoms with Gasteiger partial charge in [0.15, 0.2) is 10.9 Å². The van der Waals surface area contributed by atoms with Crippen LogP contribution in [0, 0.1) is 0 Å². The van der Waals surface area contributed by atoms with E-state index in [1.54, 1.807) is 18.7 Å². The number of carbonyl (C=O) groups excluding carboxylic acids is 1. The second kappa shape index (κ2) is 6.03. The number of nitrogens with two attached hydrogens (primary N) is 1. The van der Waals surface area contributed by atoms with Crippen LogP contribution >= 0.6 is 24.0 Å². The molecule has 19 heavy (non-hydrogen) atoms. The lowest BCUT2D eigenvalue weighted by molar-refractivity contribution is 0.0985. The predicted octanol–water partition coefficient (Wildman–Crippen LogP) is 1.75. The molecule has 0 radical (unpaired) electrons. The topological polar surface area (TPSA) is 79.5 Å². The Kier molecular flexibility index (Phi) is 4.39. The van der Waals surface area contributed by atoms with Crippen LogP contribution in [0.1, 0.15) is 23.7 Å². The molecule has 7 heteroatoms. The van der Waals surface area contributed by atoms with Gasteiger partial charge in [0.1, 0.15) is 5.84 Å². The van der Waals surface area contributed by atoms with Crippen LogP contribution in [0.3, 0.4) is 0 Å². The summed E-state index contributed by atoms with van der Waals surface area (Å²) in [6.07, 6.45) is 0.588. The first-order chi connectivity index (χ1) is 9.06. The molecule has 0 saturated heterocycles. The number of benzene rings is 1. The fourth-order valence-electron chi connectivity index (χ4n) is 1.69. The molecular formula is C12H14N4OS2. The number of thiocarbonyl (C=S) groups is 1. The van der Waals surface area contributed by atoms with Gasteiger partial charge in [-0.2, -0.15) is 0 Å². The Bertz CT molecular complexity index is 557. The Morgan fingerprint density at radius 2 is 2.26 bits per heavy atom. The minimum atomic E-state index is 0.145. The molecule has 0 aliphatic carbocycles. The highest BCUT2D eigenvalue weighted by Gasteiger charge is 2.17. The molecule has 0 unspecified atom stereocenters. The van der Waals surface area contributed by atoms with E-state index in [1.807, 2.05) is 18.2 Å². The van der Waals surface area contributed by atoms with E-state index in [0.717, 1.165) is 21.9 Å². The summed E-state index contributed by atoms with van der Waals surface area (Å²) in [6, 6.07) is 5.64. The Hall–Kier alpha value is -1.60. The number of amidine groups is 1. The van der Waals surface area contributed by atoms with E-state index in [1.165, 1.54) is 0 Å². The maximum Gasteiger partial charge on any atom is 0.182 e. The smallest absolute Gasteiger partial charge is 0.182 e. The van der Waals surface area contributed by atoms with Crippen molar-refractivity contribution >= 4 is 46.4 Å². The van der Waals surface area contributed by atoms with E-state index in [2.05, 4.69) is 28.1 Å². The summed E-state index contributed by atoms with van der Waals surface area (Å²) in [6.45, 7) is 1.78. The molecule has 0 spiro atoms. The number of ketones is 1. The molecule has 1 aromatic carbocycles. The molecule has 0 saturated carbocycles. The number of thioether (sulfide) groups is 1. The Morgan fingerprint density at radius 1 is 1.47 bits per heavy atom. The highest BCUT2D eigenvalue weighted by molar-refractivity contribution is 7.99. The molecular weight excluding hydrogens is 280 g/mol. The number of fused-ring (bicyclic) bond motifs is 1. The third kappa shape index (κ3) is 3.68. The summed E-state index contributed by atoms with van der Waals surface area (Å²) in [5.41, 5.74) is 12.1. The molecule has 0 atom stereocenters. The second-order valence-corrected chi connectivity index (χ2v) is 5.59. The normalized spacial score (nSPS) is 14.8. The van der Waals surface area contributed by atoms with Crippen molar-refractivity contribution in [3.8, 4) is 0 Å². The minimum Gasteiger partial charge on any atom is -0.375 e. The third-order valence-corrected chi connectivity index (χ3v) is 3.69.